The highest BCUT2D eigenvalue weighted by Gasteiger charge is 2.24. The van der Waals surface area contributed by atoms with E-state index < -0.39 is 0 Å². The summed E-state index contributed by atoms with van der Waals surface area (Å²) >= 11 is 7.32. The van der Waals surface area contributed by atoms with Gasteiger partial charge in [-0.3, -0.25) is 4.79 Å². The van der Waals surface area contributed by atoms with Crippen molar-refractivity contribution < 1.29 is 4.79 Å². The van der Waals surface area contributed by atoms with Crippen LogP contribution in [0, 0.1) is 0 Å². The predicted octanol–water partition coefficient (Wildman–Crippen LogP) is 2.99. The monoisotopic (exact) mass is 385 g/mol. The van der Waals surface area contributed by atoms with E-state index in [-0.39, 0.29) is 5.91 Å². The predicted molar refractivity (Wildman–Crippen MR) is 100 cm³/mol. The highest BCUT2D eigenvalue weighted by Crippen LogP contribution is 2.23. The van der Waals surface area contributed by atoms with E-state index in [1.807, 2.05) is 40.0 Å². The van der Waals surface area contributed by atoms with Crippen LogP contribution < -0.4 is 0 Å². The molecule has 8 heteroatoms. The third-order valence-electron chi connectivity index (χ3n) is 4.23. The average Bonchev–Trinajstić information content (AvgIpc) is 3.11. The Morgan fingerprint density at radius 3 is 2.73 bits per heavy atom. The van der Waals surface area contributed by atoms with E-state index in [0.29, 0.717) is 29.0 Å². The minimum Gasteiger partial charge on any atom is -0.337 e. The molecule has 3 aromatic rings. The number of halogens is 1. The summed E-state index contributed by atoms with van der Waals surface area (Å²) in [6, 6.07) is 9.36. The molecule has 1 aliphatic heterocycles. The molecular weight excluding hydrogens is 370 g/mol. The molecule has 0 N–H and O–H groups in total. The Labute approximate surface area is 160 Å². The Morgan fingerprint density at radius 2 is 1.96 bits per heavy atom. The number of fused-ring (bicyclic) bond motifs is 1. The molecule has 0 bridgehead atoms. The first-order valence-corrected chi connectivity index (χ1v) is 9.56. The third-order valence-corrected chi connectivity index (χ3v) is 5.34. The van der Waals surface area contributed by atoms with Crippen molar-refractivity contribution in [1.82, 2.24) is 24.6 Å². The summed E-state index contributed by atoms with van der Waals surface area (Å²) in [7, 11) is 0. The van der Waals surface area contributed by atoms with Gasteiger partial charge in [-0.15, -0.1) is 0 Å². The molecule has 2 aromatic heterocycles. The molecule has 1 amide bonds. The fourth-order valence-electron chi connectivity index (χ4n) is 2.93. The summed E-state index contributed by atoms with van der Waals surface area (Å²) in [4.78, 5) is 22.6. The molecule has 0 unspecified atom stereocenters. The van der Waals surface area contributed by atoms with Crippen LogP contribution in [0.15, 0.2) is 54.1 Å². The lowest BCUT2D eigenvalue weighted by atomic mass is 10.1. The average molecular weight is 386 g/mol. The van der Waals surface area contributed by atoms with Gasteiger partial charge in [0.2, 0.25) is 5.91 Å². The van der Waals surface area contributed by atoms with Crippen LogP contribution in [0.5, 0.6) is 0 Å². The molecule has 4 rings (SSSR count). The molecule has 0 atom stereocenters. The van der Waals surface area contributed by atoms with Crippen molar-refractivity contribution in [2.45, 2.75) is 18.1 Å². The standard InChI is InChI=1S/C18H16ClN5OS/c19-14-2-4-15(5-3-14)24-16-6-9-23(11-13(16)10-22-24)17(25)12-26-18-20-7-1-8-21-18/h1-5,7-8,10H,6,9,11-12H2. The number of rotatable bonds is 4. The topological polar surface area (TPSA) is 63.9 Å². The van der Waals surface area contributed by atoms with E-state index >= 15 is 0 Å². The quantitative estimate of drug-likeness (QED) is 0.510. The summed E-state index contributed by atoms with van der Waals surface area (Å²) in [6.07, 6.45) is 5.98. The van der Waals surface area contributed by atoms with E-state index in [0.717, 1.165) is 23.4 Å². The van der Waals surface area contributed by atoms with Gasteiger partial charge >= 0.3 is 0 Å². The molecule has 1 aromatic carbocycles. The second-order valence-electron chi connectivity index (χ2n) is 5.89. The summed E-state index contributed by atoms with van der Waals surface area (Å²) in [5, 5.41) is 5.82. The van der Waals surface area contributed by atoms with Crippen LogP contribution in [0.2, 0.25) is 5.02 Å². The zero-order chi connectivity index (χ0) is 17.9. The Morgan fingerprint density at radius 1 is 1.19 bits per heavy atom. The number of thioether (sulfide) groups is 1. The van der Waals surface area contributed by atoms with Crippen molar-refractivity contribution in [3.63, 3.8) is 0 Å². The van der Waals surface area contributed by atoms with Gasteiger partial charge in [0.05, 0.1) is 23.3 Å². The maximum Gasteiger partial charge on any atom is 0.233 e. The Bertz CT molecular complexity index is 913. The maximum atomic E-state index is 12.5. The van der Waals surface area contributed by atoms with E-state index in [1.54, 1.807) is 18.5 Å². The molecule has 0 saturated carbocycles. The summed E-state index contributed by atoms with van der Waals surface area (Å²) in [5.41, 5.74) is 3.21. The molecule has 1 aliphatic rings. The smallest absolute Gasteiger partial charge is 0.233 e. The number of amides is 1. The van der Waals surface area contributed by atoms with Crippen molar-refractivity contribution >= 4 is 29.3 Å². The molecule has 0 fully saturated rings. The lowest BCUT2D eigenvalue weighted by Gasteiger charge is -2.27. The second-order valence-corrected chi connectivity index (χ2v) is 7.27. The first kappa shape index (κ1) is 17.1. The van der Waals surface area contributed by atoms with Crippen molar-refractivity contribution in [2.24, 2.45) is 0 Å². The van der Waals surface area contributed by atoms with E-state index in [2.05, 4.69) is 15.1 Å². The lowest BCUT2D eigenvalue weighted by Crippen LogP contribution is -2.37. The first-order chi connectivity index (χ1) is 12.7. The van der Waals surface area contributed by atoms with Gasteiger partial charge in [0, 0.05) is 42.5 Å². The normalized spacial score (nSPS) is 13.5. The van der Waals surface area contributed by atoms with Gasteiger partial charge < -0.3 is 4.90 Å². The molecule has 0 radical (unpaired) electrons. The Kier molecular flexibility index (Phi) is 4.90. The van der Waals surface area contributed by atoms with Crippen LogP contribution in [0.3, 0.4) is 0 Å². The van der Waals surface area contributed by atoms with Crippen LogP contribution in [-0.4, -0.2) is 42.9 Å². The van der Waals surface area contributed by atoms with Crippen molar-refractivity contribution in [3.8, 4) is 5.69 Å². The molecule has 0 aliphatic carbocycles. The van der Waals surface area contributed by atoms with Crippen molar-refractivity contribution in [1.29, 1.82) is 0 Å². The second kappa shape index (κ2) is 7.47. The SMILES string of the molecule is O=C(CSc1ncccn1)N1CCc2c(cnn2-c2ccc(Cl)cc2)C1. The zero-order valence-electron chi connectivity index (χ0n) is 13.9. The van der Waals surface area contributed by atoms with Gasteiger partial charge in [0.15, 0.2) is 5.16 Å². The maximum absolute atomic E-state index is 12.5. The molecule has 3 heterocycles. The van der Waals surface area contributed by atoms with E-state index in [9.17, 15) is 4.79 Å². The molecule has 132 valence electrons. The van der Waals surface area contributed by atoms with Crippen molar-refractivity contribution in [2.75, 3.05) is 12.3 Å². The number of aromatic nitrogens is 4. The highest BCUT2D eigenvalue weighted by atomic mass is 35.5. The van der Waals surface area contributed by atoms with Gasteiger partial charge in [0.1, 0.15) is 0 Å². The third kappa shape index (κ3) is 3.59. The highest BCUT2D eigenvalue weighted by molar-refractivity contribution is 7.99. The summed E-state index contributed by atoms with van der Waals surface area (Å²) in [6.45, 7) is 1.26. The van der Waals surface area contributed by atoms with Crippen LogP contribution in [0.25, 0.3) is 5.69 Å². The fraction of sp³-hybridized carbons (Fsp3) is 0.222. The first-order valence-electron chi connectivity index (χ1n) is 8.20. The Balaban J connectivity index is 1.43. The summed E-state index contributed by atoms with van der Waals surface area (Å²) in [5.74, 6) is 0.428. The van der Waals surface area contributed by atoms with Crippen LogP contribution in [0.1, 0.15) is 11.3 Å². The molecule has 0 saturated heterocycles. The van der Waals surface area contributed by atoms with Crippen LogP contribution in [-0.2, 0) is 17.8 Å². The lowest BCUT2D eigenvalue weighted by molar-refractivity contribution is -0.129. The van der Waals surface area contributed by atoms with Gasteiger partial charge in [0.25, 0.3) is 0 Å². The van der Waals surface area contributed by atoms with Crippen molar-refractivity contribution in [3.05, 3.63) is 65.2 Å². The Hall–Kier alpha value is -2.38. The zero-order valence-corrected chi connectivity index (χ0v) is 15.5. The molecule has 26 heavy (non-hydrogen) atoms. The van der Waals surface area contributed by atoms with Gasteiger partial charge in [-0.25, -0.2) is 14.6 Å². The number of hydrogen-bond acceptors (Lipinski definition) is 5. The molecule has 0 spiro atoms. The summed E-state index contributed by atoms with van der Waals surface area (Å²) < 4.78 is 1.93. The molecule has 6 nitrogen and oxygen atoms in total. The number of benzene rings is 1. The van der Waals surface area contributed by atoms with E-state index in [4.69, 9.17) is 11.6 Å². The van der Waals surface area contributed by atoms with Gasteiger partial charge in [-0.05, 0) is 30.3 Å². The van der Waals surface area contributed by atoms with Gasteiger partial charge in [-0.2, -0.15) is 5.10 Å². The largest absolute Gasteiger partial charge is 0.337 e. The van der Waals surface area contributed by atoms with Crippen LogP contribution >= 0.6 is 23.4 Å². The van der Waals surface area contributed by atoms with Gasteiger partial charge in [-0.1, -0.05) is 23.4 Å². The number of hydrogen-bond donors (Lipinski definition) is 0. The number of nitrogens with zero attached hydrogens (tertiary/aromatic N) is 5. The van der Waals surface area contributed by atoms with Crippen LogP contribution in [0.4, 0.5) is 0 Å². The fourth-order valence-corrected chi connectivity index (χ4v) is 3.76. The van der Waals surface area contributed by atoms with E-state index in [1.165, 1.54) is 11.8 Å². The number of carbonyl (C=O) groups excluding carboxylic acids is 1. The minimum absolute atomic E-state index is 0.0901. The number of carbonyl (C=O) groups is 1. The molecular formula is C18H16ClN5OS. The minimum atomic E-state index is 0.0901.